The highest BCUT2D eigenvalue weighted by atomic mass is 32.9. The fraction of sp³-hybridized carbons (Fsp3) is 0.875. The van der Waals surface area contributed by atoms with Crippen LogP contribution in [0.4, 0.5) is 0 Å². The van der Waals surface area contributed by atoms with E-state index in [9.17, 15) is 4.79 Å². The van der Waals surface area contributed by atoms with Crippen LogP contribution in [-0.2, 0) is 25.6 Å². The summed E-state index contributed by atoms with van der Waals surface area (Å²) < 4.78 is 10.3. The number of nitrogens with zero attached hydrogens (tertiary/aromatic N) is 1. The van der Waals surface area contributed by atoms with Crippen LogP contribution >= 0.6 is 17.1 Å². The van der Waals surface area contributed by atoms with Crippen molar-refractivity contribution in [3.05, 3.63) is 0 Å². The van der Waals surface area contributed by atoms with E-state index in [-0.39, 0.29) is 11.3 Å². The van der Waals surface area contributed by atoms with Gasteiger partial charge in [0.15, 0.2) is 0 Å². The molecule has 1 rings (SSSR count). The second kappa shape index (κ2) is 5.33. The number of carbonyl (C=O) groups is 1. The molecule has 94 valence electrons. The Morgan fingerprint density at radius 2 is 2.12 bits per heavy atom. The van der Waals surface area contributed by atoms with Gasteiger partial charge in [-0.3, -0.25) is 10.2 Å². The second-order valence-corrected chi connectivity index (χ2v) is 10.6. The molecule has 0 atom stereocenters. The van der Waals surface area contributed by atoms with Crippen molar-refractivity contribution in [3.8, 4) is 0 Å². The van der Waals surface area contributed by atoms with E-state index in [0.29, 0.717) is 12.4 Å². The van der Waals surface area contributed by atoms with Crippen LogP contribution < -0.4 is 5.43 Å². The molecule has 1 amide bonds. The van der Waals surface area contributed by atoms with E-state index in [0.717, 1.165) is 0 Å². The van der Waals surface area contributed by atoms with Gasteiger partial charge in [-0.1, -0.05) is 11.4 Å². The molecular formula is C8H17N2O3PS2. The minimum Gasteiger partial charge on any atom is -0.325 e. The van der Waals surface area contributed by atoms with Crippen molar-refractivity contribution in [1.29, 1.82) is 0 Å². The number of hydrogen-bond donors (Lipinski definition) is 1. The molecule has 0 radical (unpaired) electrons. The van der Waals surface area contributed by atoms with E-state index in [1.807, 2.05) is 18.9 Å². The summed E-state index contributed by atoms with van der Waals surface area (Å²) in [4.78, 5) is 11.5. The lowest BCUT2D eigenvalue weighted by Crippen LogP contribution is -2.32. The van der Waals surface area contributed by atoms with E-state index in [2.05, 4.69) is 5.43 Å². The van der Waals surface area contributed by atoms with Crippen LogP contribution in [0.25, 0.3) is 0 Å². The van der Waals surface area contributed by atoms with Crippen LogP contribution in [0.3, 0.4) is 0 Å². The summed E-state index contributed by atoms with van der Waals surface area (Å²) in [6.45, 7) is 4.49. The van der Waals surface area contributed by atoms with Gasteiger partial charge in [-0.05, 0) is 25.7 Å². The Balaban J connectivity index is 2.47. The summed E-state index contributed by atoms with van der Waals surface area (Å²) in [5.74, 6) is 0.616. The predicted octanol–water partition coefficient (Wildman–Crippen LogP) is 1.57. The largest absolute Gasteiger partial charge is 0.325 e. The maximum Gasteiger partial charge on any atom is 0.248 e. The quantitative estimate of drug-likeness (QED) is 0.773. The van der Waals surface area contributed by atoms with Crippen molar-refractivity contribution in [1.82, 2.24) is 10.4 Å². The summed E-state index contributed by atoms with van der Waals surface area (Å²) in [5, 5.41) is 1.84. The molecule has 0 spiro atoms. The first-order chi connectivity index (χ1) is 7.33. The Bertz CT molecular complexity index is 316. The Morgan fingerprint density at radius 3 is 2.50 bits per heavy atom. The minimum absolute atomic E-state index is 0.0382. The molecule has 8 heteroatoms. The molecule has 16 heavy (non-hydrogen) atoms. The normalized spacial score (nSPS) is 21.1. The van der Waals surface area contributed by atoms with Crippen molar-refractivity contribution in [3.63, 3.8) is 0 Å². The maximum atomic E-state index is 11.5. The molecule has 1 N–H and O–H groups in total. The van der Waals surface area contributed by atoms with Crippen molar-refractivity contribution in [2.75, 3.05) is 26.6 Å². The van der Waals surface area contributed by atoms with Crippen LogP contribution in [0.2, 0.25) is 0 Å². The third-order valence-electron chi connectivity index (χ3n) is 2.28. The third kappa shape index (κ3) is 3.42. The maximum absolute atomic E-state index is 11.5. The molecule has 1 aliphatic heterocycles. The second-order valence-electron chi connectivity index (χ2n) is 4.09. The first-order valence-electron chi connectivity index (χ1n) is 4.75. The van der Waals surface area contributed by atoms with E-state index < -0.39 is 5.69 Å². The van der Waals surface area contributed by atoms with Crippen LogP contribution in [0.1, 0.15) is 13.8 Å². The van der Waals surface area contributed by atoms with Gasteiger partial charge >= 0.3 is 0 Å². The summed E-state index contributed by atoms with van der Waals surface area (Å²) in [5.41, 5.74) is 0.217. The minimum atomic E-state index is -2.24. The SMILES string of the molecule is COP(=S)(OC)SCN1CC(C)(C)C(=O)N1. The molecule has 0 aliphatic carbocycles. The molecule has 0 aromatic rings. The molecule has 0 bridgehead atoms. The first kappa shape index (κ1) is 14.4. The van der Waals surface area contributed by atoms with Gasteiger partial charge in [-0.25, -0.2) is 5.01 Å². The van der Waals surface area contributed by atoms with Gasteiger partial charge in [0.25, 0.3) is 0 Å². The number of hydrazine groups is 1. The van der Waals surface area contributed by atoms with Gasteiger partial charge in [-0.2, -0.15) is 0 Å². The van der Waals surface area contributed by atoms with Gasteiger partial charge in [-0.15, -0.1) is 0 Å². The van der Waals surface area contributed by atoms with Crippen molar-refractivity contribution in [2.24, 2.45) is 5.41 Å². The molecule has 1 fully saturated rings. The molecule has 0 saturated carbocycles. The highest BCUT2D eigenvalue weighted by Gasteiger charge is 2.38. The van der Waals surface area contributed by atoms with Crippen LogP contribution in [0.5, 0.6) is 0 Å². The Labute approximate surface area is 105 Å². The lowest BCUT2D eigenvalue weighted by Gasteiger charge is -2.21. The number of carbonyl (C=O) groups excluding carboxylic acids is 1. The lowest BCUT2D eigenvalue weighted by molar-refractivity contribution is -0.126. The molecule has 1 heterocycles. The van der Waals surface area contributed by atoms with E-state index >= 15 is 0 Å². The van der Waals surface area contributed by atoms with Crippen molar-refractivity contribution < 1.29 is 13.8 Å². The standard InChI is InChI=1S/C8H17N2O3PS2/c1-8(2)5-10(9-7(8)11)6-16-14(15,12-3)13-4/h5-6H2,1-4H3,(H,9,11). The topological polar surface area (TPSA) is 50.8 Å². The fourth-order valence-electron chi connectivity index (χ4n) is 1.28. The van der Waals surface area contributed by atoms with Gasteiger partial charge in [0.2, 0.25) is 11.6 Å². The lowest BCUT2D eigenvalue weighted by atomic mass is 9.94. The Morgan fingerprint density at radius 1 is 1.56 bits per heavy atom. The van der Waals surface area contributed by atoms with E-state index in [4.69, 9.17) is 20.9 Å². The third-order valence-corrected chi connectivity index (χ3v) is 7.95. The van der Waals surface area contributed by atoms with Gasteiger partial charge in [0, 0.05) is 20.8 Å². The van der Waals surface area contributed by atoms with E-state index in [1.165, 1.54) is 11.4 Å². The fourth-order valence-corrected chi connectivity index (χ4v) is 3.98. The highest BCUT2D eigenvalue weighted by Crippen LogP contribution is 2.59. The van der Waals surface area contributed by atoms with Crippen LogP contribution in [0.15, 0.2) is 0 Å². The molecule has 0 unspecified atom stereocenters. The number of amides is 1. The van der Waals surface area contributed by atoms with E-state index in [1.54, 1.807) is 14.2 Å². The van der Waals surface area contributed by atoms with Gasteiger partial charge in [0.05, 0.1) is 11.3 Å². The molecule has 0 aromatic carbocycles. The monoisotopic (exact) mass is 284 g/mol. The zero-order chi connectivity index (χ0) is 12.4. The molecule has 1 saturated heterocycles. The van der Waals surface area contributed by atoms with Crippen LogP contribution in [-0.4, -0.2) is 37.6 Å². The molecule has 1 aliphatic rings. The Hall–Kier alpha value is 0.350. The van der Waals surface area contributed by atoms with Gasteiger partial charge in [0.1, 0.15) is 0 Å². The zero-order valence-corrected chi connectivity index (χ0v) is 12.4. The van der Waals surface area contributed by atoms with Gasteiger partial charge < -0.3 is 9.05 Å². The Kier molecular flexibility index (Phi) is 4.80. The summed E-state index contributed by atoms with van der Waals surface area (Å²) in [6, 6.07) is 0. The molecule has 5 nitrogen and oxygen atoms in total. The van der Waals surface area contributed by atoms with Crippen molar-refractivity contribution >= 4 is 34.8 Å². The smallest absolute Gasteiger partial charge is 0.248 e. The van der Waals surface area contributed by atoms with Crippen molar-refractivity contribution in [2.45, 2.75) is 13.8 Å². The van der Waals surface area contributed by atoms with Crippen LogP contribution in [0, 0.1) is 5.41 Å². The molecule has 0 aromatic heterocycles. The average molecular weight is 284 g/mol. The summed E-state index contributed by atoms with van der Waals surface area (Å²) >= 11 is 6.63. The number of rotatable bonds is 5. The predicted molar refractivity (Wildman–Crippen MR) is 69.4 cm³/mol. The first-order valence-corrected chi connectivity index (χ1v) is 8.98. The summed E-state index contributed by atoms with van der Waals surface area (Å²) in [7, 11) is 3.09. The average Bonchev–Trinajstić information content (AvgIpc) is 2.50. The number of nitrogens with one attached hydrogen (secondary N) is 1. The molecular weight excluding hydrogens is 267 g/mol. The summed E-state index contributed by atoms with van der Waals surface area (Å²) in [6.07, 6.45) is 0. The highest BCUT2D eigenvalue weighted by molar-refractivity contribution is 8.67. The zero-order valence-electron chi connectivity index (χ0n) is 9.85. The number of hydrogen-bond acceptors (Lipinski definition) is 6.